The van der Waals surface area contributed by atoms with Gasteiger partial charge >= 0.3 is 0 Å². The average molecular weight is 288 g/mol. The van der Waals surface area contributed by atoms with Crippen LogP contribution in [0.4, 0.5) is 11.4 Å². The molecule has 0 aliphatic heterocycles. The van der Waals surface area contributed by atoms with E-state index in [9.17, 15) is 9.59 Å². The lowest BCUT2D eigenvalue weighted by molar-refractivity contribution is -0.114. The molecule has 0 saturated carbocycles. The van der Waals surface area contributed by atoms with Crippen LogP contribution in [-0.4, -0.2) is 30.1 Å². The first-order chi connectivity index (χ1) is 10.1. The largest absolute Gasteiger partial charge is 0.395 e. The SMILES string of the molecule is CC(=O)Nc1ccc(NC(=O)/C(C#N)=C\NCCO)cc1. The Bertz CT molecular complexity index is 573. The summed E-state index contributed by atoms with van der Waals surface area (Å²) in [7, 11) is 0. The van der Waals surface area contributed by atoms with E-state index in [1.165, 1.54) is 13.1 Å². The predicted molar refractivity (Wildman–Crippen MR) is 78.2 cm³/mol. The number of nitriles is 1. The first-order valence-electron chi connectivity index (χ1n) is 6.20. The van der Waals surface area contributed by atoms with Gasteiger partial charge in [0.05, 0.1) is 6.61 Å². The van der Waals surface area contributed by atoms with Gasteiger partial charge in [0.15, 0.2) is 0 Å². The summed E-state index contributed by atoms with van der Waals surface area (Å²) < 4.78 is 0. The van der Waals surface area contributed by atoms with Gasteiger partial charge in [-0.15, -0.1) is 0 Å². The molecule has 0 spiro atoms. The highest BCUT2D eigenvalue weighted by atomic mass is 16.3. The van der Waals surface area contributed by atoms with E-state index in [1.54, 1.807) is 30.3 Å². The van der Waals surface area contributed by atoms with Gasteiger partial charge in [-0.3, -0.25) is 9.59 Å². The van der Waals surface area contributed by atoms with Crippen LogP contribution >= 0.6 is 0 Å². The monoisotopic (exact) mass is 288 g/mol. The minimum Gasteiger partial charge on any atom is -0.395 e. The Morgan fingerprint density at radius 2 is 1.81 bits per heavy atom. The molecule has 110 valence electrons. The fourth-order valence-corrected chi connectivity index (χ4v) is 1.43. The molecule has 0 radical (unpaired) electrons. The van der Waals surface area contributed by atoms with Crippen LogP contribution in [0, 0.1) is 11.3 Å². The maximum Gasteiger partial charge on any atom is 0.267 e. The van der Waals surface area contributed by atoms with E-state index in [0.29, 0.717) is 11.4 Å². The Balaban J connectivity index is 2.67. The molecule has 0 aliphatic rings. The molecule has 0 atom stereocenters. The number of rotatable bonds is 6. The van der Waals surface area contributed by atoms with Gasteiger partial charge in [-0.05, 0) is 24.3 Å². The lowest BCUT2D eigenvalue weighted by Crippen LogP contribution is -2.18. The smallest absolute Gasteiger partial charge is 0.267 e. The van der Waals surface area contributed by atoms with Crippen molar-refractivity contribution < 1.29 is 14.7 Å². The molecule has 1 rings (SSSR count). The minimum atomic E-state index is -0.560. The Morgan fingerprint density at radius 1 is 1.24 bits per heavy atom. The van der Waals surface area contributed by atoms with E-state index in [4.69, 9.17) is 10.4 Å². The maximum absolute atomic E-state index is 11.8. The van der Waals surface area contributed by atoms with Crippen LogP contribution in [0.2, 0.25) is 0 Å². The third-order valence-electron chi connectivity index (χ3n) is 2.33. The maximum atomic E-state index is 11.8. The lowest BCUT2D eigenvalue weighted by Gasteiger charge is -2.06. The summed E-state index contributed by atoms with van der Waals surface area (Å²) in [6, 6.07) is 8.26. The molecule has 0 bridgehead atoms. The zero-order valence-corrected chi connectivity index (χ0v) is 11.5. The van der Waals surface area contributed by atoms with Gasteiger partial charge in [-0.25, -0.2) is 0 Å². The molecule has 0 aromatic heterocycles. The highest BCUT2D eigenvalue weighted by Crippen LogP contribution is 2.14. The molecule has 0 fully saturated rings. The number of aliphatic hydroxyl groups is 1. The number of hydrogen-bond donors (Lipinski definition) is 4. The van der Waals surface area contributed by atoms with Gasteiger partial charge in [0, 0.05) is 31.0 Å². The summed E-state index contributed by atoms with van der Waals surface area (Å²) >= 11 is 0. The zero-order chi connectivity index (χ0) is 15.7. The molecule has 0 saturated heterocycles. The summed E-state index contributed by atoms with van der Waals surface area (Å²) in [5, 5.41) is 25.3. The van der Waals surface area contributed by atoms with E-state index in [2.05, 4.69) is 16.0 Å². The lowest BCUT2D eigenvalue weighted by atomic mass is 10.2. The van der Waals surface area contributed by atoms with Crippen molar-refractivity contribution in [2.24, 2.45) is 0 Å². The Morgan fingerprint density at radius 3 is 2.29 bits per heavy atom. The van der Waals surface area contributed by atoms with E-state index >= 15 is 0 Å². The van der Waals surface area contributed by atoms with E-state index in [0.717, 1.165) is 0 Å². The topological polar surface area (TPSA) is 114 Å². The molecule has 7 heteroatoms. The van der Waals surface area contributed by atoms with Crippen LogP contribution in [0.5, 0.6) is 0 Å². The standard InChI is InChI=1S/C14H16N4O3/c1-10(20)17-12-2-4-13(5-3-12)18-14(21)11(8-15)9-16-6-7-19/h2-5,9,16,19H,6-7H2,1H3,(H,17,20)(H,18,21)/b11-9-. The van der Waals surface area contributed by atoms with E-state index in [1.807, 2.05) is 0 Å². The number of nitrogens with zero attached hydrogens (tertiary/aromatic N) is 1. The Labute approximate surface area is 122 Å². The fraction of sp³-hybridized carbons (Fsp3) is 0.214. The fourth-order valence-electron chi connectivity index (χ4n) is 1.43. The highest BCUT2D eigenvalue weighted by Gasteiger charge is 2.09. The Hall–Kier alpha value is -2.85. The molecule has 7 nitrogen and oxygen atoms in total. The molecule has 21 heavy (non-hydrogen) atoms. The predicted octanol–water partition coefficient (Wildman–Crippen LogP) is 0.573. The second-order valence-corrected chi connectivity index (χ2v) is 4.06. The van der Waals surface area contributed by atoms with Gasteiger partial charge in [0.1, 0.15) is 11.6 Å². The number of anilines is 2. The number of hydrogen-bond acceptors (Lipinski definition) is 5. The van der Waals surface area contributed by atoms with Crippen molar-refractivity contribution in [2.75, 3.05) is 23.8 Å². The minimum absolute atomic E-state index is 0.0958. The quantitative estimate of drug-likeness (QED) is 0.347. The Kier molecular flexibility index (Phi) is 6.44. The van der Waals surface area contributed by atoms with Crippen LogP contribution in [0.1, 0.15) is 6.92 Å². The van der Waals surface area contributed by atoms with Crippen molar-refractivity contribution in [3.8, 4) is 6.07 Å². The molecular weight excluding hydrogens is 272 g/mol. The summed E-state index contributed by atoms with van der Waals surface area (Å²) in [6.45, 7) is 1.56. The van der Waals surface area contributed by atoms with Crippen molar-refractivity contribution >= 4 is 23.2 Å². The summed E-state index contributed by atoms with van der Waals surface area (Å²) in [6.07, 6.45) is 1.25. The van der Waals surface area contributed by atoms with Gasteiger partial charge in [0.25, 0.3) is 5.91 Å². The molecule has 1 aromatic carbocycles. The van der Waals surface area contributed by atoms with Crippen molar-refractivity contribution in [3.05, 3.63) is 36.0 Å². The van der Waals surface area contributed by atoms with Gasteiger partial charge in [-0.2, -0.15) is 5.26 Å². The van der Waals surface area contributed by atoms with Crippen molar-refractivity contribution in [3.63, 3.8) is 0 Å². The van der Waals surface area contributed by atoms with Crippen LogP contribution in [0.15, 0.2) is 36.0 Å². The normalized spacial score (nSPS) is 10.4. The number of amides is 2. The number of nitrogens with one attached hydrogen (secondary N) is 3. The van der Waals surface area contributed by atoms with Crippen LogP contribution in [0.3, 0.4) is 0 Å². The number of aliphatic hydroxyl groups excluding tert-OH is 1. The summed E-state index contributed by atoms with van der Waals surface area (Å²) in [5.41, 5.74) is 1.01. The summed E-state index contributed by atoms with van der Waals surface area (Å²) in [5.74, 6) is -0.744. The molecule has 0 aliphatic carbocycles. The zero-order valence-electron chi connectivity index (χ0n) is 11.5. The molecule has 4 N–H and O–H groups in total. The molecular formula is C14H16N4O3. The third kappa shape index (κ3) is 5.76. The van der Waals surface area contributed by atoms with Crippen molar-refractivity contribution in [1.82, 2.24) is 5.32 Å². The number of carbonyl (C=O) groups excluding carboxylic acids is 2. The second-order valence-electron chi connectivity index (χ2n) is 4.06. The molecule has 0 unspecified atom stereocenters. The second kappa shape index (κ2) is 8.35. The molecule has 1 aromatic rings. The molecule has 0 heterocycles. The van der Waals surface area contributed by atoms with Gasteiger partial charge in [0.2, 0.25) is 5.91 Å². The number of benzene rings is 1. The third-order valence-corrected chi connectivity index (χ3v) is 2.33. The molecule has 2 amide bonds. The number of carbonyl (C=O) groups is 2. The highest BCUT2D eigenvalue weighted by molar-refractivity contribution is 6.06. The van der Waals surface area contributed by atoms with Crippen molar-refractivity contribution in [1.29, 1.82) is 5.26 Å². The van der Waals surface area contributed by atoms with Gasteiger partial charge in [-0.1, -0.05) is 0 Å². The van der Waals surface area contributed by atoms with Crippen LogP contribution in [-0.2, 0) is 9.59 Å². The van der Waals surface area contributed by atoms with Crippen molar-refractivity contribution in [2.45, 2.75) is 6.92 Å². The van der Waals surface area contributed by atoms with Crippen LogP contribution < -0.4 is 16.0 Å². The first kappa shape index (κ1) is 16.2. The van der Waals surface area contributed by atoms with Crippen LogP contribution in [0.25, 0.3) is 0 Å². The first-order valence-corrected chi connectivity index (χ1v) is 6.20. The summed E-state index contributed by atoms with van der Waals surface area (Å²) in [4.78, 5) is 22.7. The van der Waals surface area contributed by atoms with Gasteiger partial charge < -0.3 is 21.1 Å². The van der Waals surface area contributed by atoms with E-state index < -0.39 is 5.91 Å². The average Bonchev–Trinajstić information content (AvgIpc) is 2.45. The van der Waals surface area contributed by atoms with E-state index in [-0.39, 0.29) is 24.6 Å².